The van der Waals surface area contributed by atoms with Crippen molar-refractivity contribution in [3.63, 3.8) is 0 Å². The van der Waals surface area contributed by atoms with E-state index in [1.165, 1.54) is 0 Å². The van der Waals surface area contributed by atoms with E-state index in [2.05, 4.69) is 4.90 Å². The Morgan fingerprint density at radius 2 is 1.67 bits per heavy atom. The number of carboxylic acids is 1. The van der Waals surface area contributed by atoms with Gasteiger partial charge < -0.3 is 14.8 Å². The van der Waals surface area contributed by atoms with Gasteiger partial charge in [0.05, 0.1) is 0 Å². The Bertz CT molecular complexity index is 362. The monoisotopic (exact) mass is 288 g/mol. The first kappa shape index (κ1) is 15.1. The highest BCUT2D eigenvalue weighted by Gasteiger charge is 2.05. The van der Waals surface area contributed by atoms with E-state index in [1.807, 2.05) is 24.3 Å². The molecule has 0 aliphatic rings. The molecule has 0 fully saturated rings. The van der Waals surface area contributed by atoms with Gasteiger partial charge >= 0.3 is 0 Å². The number of aryl methyl sites for hydroxylation is 1. The lowest BCUT2D eigenvalue weighted by Crippen LogP contribution is -2.27. The molecule has 0 bridgehead atoms. The molecular formula is C13H16Cl2NO2-. The number of halogens is 2. The Morgan fingerprint density at radius 1 is 1.11 bits per heavy atom. The number of alkyl halides is 2. The molecule has 18 heavy (non-hydrogen) atoms. The van der Waals surface area contributed by atoms with E-state index in [1.54, 1.807) is 0 Å². The van der Waals surface area contributed by atoms with Crippen LogP contribution in [0.15, 0.2) is 24.3 Å². The molecule has 0 atom stereocenters. The number of rotatable bonds is 8. The maximum Gasteiger partial charge on any atom is 0.0417 e. The molecule has 0 heterocycles. The van der Waals surface area contributed by atoms with E-state index in [4.69, 9.17) is 23.2 Å². The van der Waals surface area contributed by atoms with Crippen molar-refractivity contribution >= 4 is 34.9 Å². The topological polar surface area (TPSA) is 43.4 Å². The van der Waals surface area contributed by atoms with Crippen LogP contribution in [0.1, 0.15) is 12.0 Å². The third-order valence-corrected chi connectivity index (χ3v) is 2.97. The molecular weight excluding hydrogens is 273 g/mol. The summed E-state index contributed by atoms with van der Waals surface area (Å²) in [5.74, 6) is 0.0668. The van der Waals surface area contributed by atoms with Crippen molar-refractivity contribution in [2.24, 2.45) is 0 Å². The SMILES string of the molecule is O=C([O-])CCc1ccc(N(CCCl)CCCl)cc1. The van der Waals surface area contributed by atoms with E-state index >= 15 is 0 Å². The standard InChI is InChI=1S/C13H17Cl2NO2/c14-7-9-16(10-8-15)12-4-1-11(2-5-12)3-6-13(17)18/h1-2,4-5H,3,6-10H2,(H,17,18)/p-1. The van der Waals surface area contributed by atoms with Crippen molar-refractivity contribution in [3.8, 4) is 0 Å². The zero-order chi connectivity index (χ0) is 13.4. The van der Waals surface area contributed by atoms with Crippen LogP contribution in [-0.4, -0.2) is 30.8 Å². The summed E-state index contributed by atoms with van der Waals surface area (Å²) in [5.41, 5.74) is 2.04. The molecule has 0 spiro atoms. The number of nitrogens with zero attached hydrogens (tertiary/aromatic N) is 1. The maximum absolute atomic E-state index is 10.4. The summed E-state index contributed by atoms with van der Waals surface area (Å²) in [5, 5.41) is 10.4. The average Bonchev–Trinajstić information content (AvgIpc) is 2.37. The molecule has 0 radical (unpaired) electrons. The van der Waals surface area contributed by atoms with Crippen molar-refractivity contribution < 1.29 is 9.90 Å². The lowest BCUT2D eigenvalue weighted by atomic mass is 10.1. The maximum atomic E-state index is 10.4. The zero-order valence-corrected chi connectivity index (χ0v) is 11.6. The number of carbonyl (C=O) groups excluding carboxylic acids is 1. The first-order valence-corrected chi connectivity index (χ1v) is 6.90. The van der Waals surface area contributed by atoms with Crippen LogP contribution in [0.2, 0.25) is 0 Å². The second-order valence-corrected chi connectivity index (χ2v) is 4.66. The Morgan fingerprint density at radius 3 is 2.11 bits per heavy atom. The predicted octanol–water partition coefficient (Wildman–Crippen LogP) is 1.65. The van der Waals surface area contributed by atoms with Crippen molar-refractivity contribution in [1.82, 2.24) is 0 Å². The predicted molar refractivity (Wildman–Crippen MR) is 73.4 cm³/mol. The summed E-state index contributed by atoms with van der Waals surface area (Å²) >= 11 is 11.5. The van der Waals surface area contributed by atoms with Crippen LogP contribution < -0.4 is 10.0 Å². The third-order valence-electron chi connectivity index (χ3n) is 2.63. The molecule has 1 aromatic rings. The lowest BCUT2D eigenvalue weighted by Gasteiger charge is -2.23. The third kappa shape index (κ3) is 5.15. The molecule has 1 rings (SSSR count). The van der Waals surface area contributed by atoms with Gasteiger partial charge in [0.25, 0.3) is 0 Å². The highest BCUT2D eigenvalue weighted by molar-refractivity contribution is 6.18. The molecule has 0 aromatic heterocycles. The number of hydrogen-bond acceptors (Lipinski definition) is 3. The first-order valence-electron chi connectivity index (χ1n) is 5.83. The number of aliphatic carboxylic acids is 1. The van der Waals surface area contributed by atoms with E-state index < -0.39 is 5.97 Å². The second-order valence-electron chi connectivity index (χ2n) is 3.90. The van der Waals surface area contributed by atoms with Crippen LogP contribution >= 0.6 is 23.2 Å². The second kappa shape index (κ2) is 8.22. The van der Waals surface area contributed by atoms with E-state index in [9.17, 15) is 9.90 Å². The fourth-order valence-electron chi connectivity index (χ4n) is 1.69. The Hall–Kier alpha value is -0.930. The largest absolute Gasteiger partial charge is 0.550 e. The van der Waals surface area contributed by atoms with Gasteiger partial charge in [-0.15, -0.1) is 23.2 Å². The Kier molecular flexibility index (Phi) is 6.91. The molecule has 3 nitrogen and oxygen atoms in total. The van der Waals surface area contributed by atoms with Gasteiger partial charge in [-0.2, -0.15) is 0 Å². The van der Waals surface area contributed by atoms with Gasteiger partial charge in [-0.05, 0) is 30.5 Å². The lowest BCUT2D eigenvalue weighted by molar-refractivity contribution is -0.305. The number of carboxylic acid groups (broad SMARTS) is 1. The van der Waals surface area contributed by atoms with Gasteiger partial charge in [0.2, 0.25) is 0 Å². The summed E-state index contributed by atoms with van der Waals surface area (Å²) in [4.78, 5) is 12.5. The Balaban J connectivity index is 2.64. The molecule has 1 aromatic carbocycles. The molecule has 0 saturated carbocycles. The van der Waals surface area contributed by atoms with Crippen LogP contribution in [0.3, 0.4) is 0 Å². The Labute approximate surface area is 117 Å². The minimum atomic E-state index is -1.02. The van der Waals surface area contributed by atoms with Crippen LogP contribution in [0.25, 0.3) is 0 Å². The fourth-order valence-corrected chi connectivity index (χ4v) is 2.10. The number of benzene rings is 1. The van der Waals surface area contributed by atoms with E-state index in [0.29, 0.717) is 18.2 Å². The first-order chi connectivity index (χ1) is 8.67. The van der Waals surface area contributed by atoms with Gasteiger partial charge in [0.1, 0.15) is 0 Å². The van der Waals surface area contributed by atoms with E-state index in [0.717, 1.165) is 24.3 Å². The average molecular weight is 289 g/mol. The number of hydrogen-bond donors (Lipinski definition) is 0. The molecule has 0 unspecified atom stereocenters. The van der Waals surface area contributed by atoms with Gasteiger partial charge in [-0.3, -0.25) is 0 Å². The minimum Gasteiger partial charge on any atom is -0.550 e. The van der Waals surface area contributed by atoms with Crippen LogP contribution in [0.4, 0.5) is 5.69 Å². The number of anilines is 1. The van der Waals surface area contributed by atoms with Crippen molar-refractivity contribution in [1.29, 1.82) is 0 Å². The normalized spacial score (nSPS) is 10.3. The molecule has 100 valence electrons. The minimum absolute atomic E-state index is 0.0480. The highest BCUT2D eigenvalue weighted by atomic mass is 35.5. The fraction of sp³-hybridized carbons (Fsp3) is 0.462. The van der Waals surface area contributed by atoms with Crippen LogP contribution in [0, 0.1) is 0 Å². The molecule has 0 amide bonds. The molecule has 0 N–H and O–H groups in total. The van der Waals surface area contributed by atoms with Crippen molar-refractivity contribution in [2.45, 2.75) is 12.8 Å². The summed E-state index contributed by atoms with van der Waals surface area (Å²) in [6, 6.07) is 7.77. The quantitative estimate of drug-likeness (QED) is 0.684. The summed E-state index contributed by atoms with van der Waals surface area (Å²) < 4.78 is 0. The van der Waals surface area contributed by atoms with Gasteiger partial charge in [0, 0.05) is 36.5 Å². The van der Waals surface area contributed by atoms with Gasteiger partial charge in [-0.25, -0.2) is 0 Å². The zero-order valence-electron chi connectivity index (χ0n) is 10.1. The summed E-state index contributed by atoms with van der Waals surface area (Å²) in [7, 11) is 0. The molecule has 5 heteroatoms. The molecule has 0 saturated heterocycles. The summed E-state index contributed by atoms with van der Waals surface area (Å²) in [6.07, 6.45) is 0.542. The molecule has 0 aliphatic heterocycles. The van der Waals surface area contributed by atoms with Crippen molar-refractivity contribution in [3.05, 3.63) is 29.8 Å². The van der Waals surface area contributed by atoms with Crippen molar-refractivity contribution in [2.75, 3.05) is 29.7 Å². The van der Waals surface area contributed by atoms with Gasteiger partial charge in [-0.1, -0.05) is 12.1 Å². The smallest absolute Gasteiger partial charge is 0.0417 e. The van der Waals surface area contributed by atoms with Crippen LogP contribution in [-0.2, 0) is 11.2 Å². The van der Waals surface area contributed by atoms with Gasteiger partial charge in [0.15, 0.2) is 0 Å². The summed E-state index contributed by atoms with van der Waals surface area (Å²) in [6.45, 7) is 1.49. The van der Waals surface area contributed by atoms with E-state index in [-0.39, 0.29) is 6.42 Å². The number of carbonyl (C=O) groups is 1. The van der Waals surface area contributed by atoms with Crippen LogP contribution in [0.5, 0.6) is 0 Å². The highest BCUT2D eigenvalue weighted by Crippen LogP contribution is 2.16. The molecule has 0 aliphatic carbocycles.